The summed E-state index contributed by atoms with van der Waals surface area (Å²) in [5.74, 6) is -1.33. The highest BCUT2D eigenvalue weighted by Gasteiger charge is 2.31. The van der Waals surface area contributed by atoms with Crippen molar-refractivity contribution in [3.8, 4) is 17.2 Å². The molecule has 0 radical (unpaired) electrons. The summed E-state index contributed by atoms with van der Waals surface area (Å²) in [5, 5.41) is 8.68. The van der Waals surface area contributed by atoms with E-state index in [1.54, 1.807) is 0 Å². The fourth-order valence-electron chi connectivity index (χ4n) is 1.44. The van der Waals surface area contributed by atoms with Crippen molar-refractivity contribution >= 4 is 5.97 Å². The zero-order valence-electron chi connectivity index (χ0n) is 10.3. The van der Waals surface area contributed by atoms with Gasteiger partial charge in [0.25, 0.3) is 0 Å². The molecule has 0 aliphatic carbocycles. The molecule has 0 fully saturated rings. The lowest BCUT2D eigenvalue weighted by molar-refractivity contribution is -0.274. The number of aromatic carboxylic acids is 1. The molecule has 1 N–H and O–H groups in total. The number of ether oxygens (including phenoxy) is 2. The van der Waals surface area contributed by atoms with E-state index >= 15 is 0 Å². The molecule has 0 amide bonds. The molecule has 1 heterocycles. The summed E-state index contributed by atoms with van der Waals surface area (Å²) in [4.78, 5) is 14.2. The van der Waals surface area contributed by atoms with Crippen LogP contribution in [0.5, 0.6) is 17.2 Å². The summed E-state index contributed by atoms with van der Waals surface area (Å²) < 4.78 is 45.3. The van der Waals surface area contributed by atoms with E-state index in [1.165, 1.54) is 24.3 Å². The van der Waals surface area contributed by atoms with Crippen LogP contribution in [0, 0.1) is 0 Å². The van der Waals surface area contributed by atoms with Crippen molar-refractivity contribution in [3.05, 3.63) is 48.3 Å². The first kappa shape index (κ1) is 14.6. The Morgan fingerprint density at radius 1 is 1.10 bits per heavy atom. The Bertz CT molecular complexity index is 641. The van der Waals surface area contributed by atoms with Crippen LogP contribution >= 0.6 is 0 Å². The molecule has 21 heavy (non-hydrogen) atoms. The van der Waals surface area contributed by atoms with Gasteiger partial charge in [0, 0.05) is 6.07 Å². The van der Waals surface area contributed by atoms with Crippen LogP contribution in [0.25, 0.3) is 0 Å². The highest BCUT2D eigenvalue weighted by molar-refractivity contribution is 5.85. The number of hydrogen-bond donors (Lipinski definition) is 1. The number of carboxylic acid groups (broad SMARTS) is 1. The largest absolute Gasteiger partial charge is 0.573 e. The minimum atomic E-state index is -4.79. The van der Waals surface area contributed by atoms with Gasteiger partial charge >= 0.3 is 12.3 Å². The topological polar surface area (TPSA) is 68.7 Å². The van der Waals surface area contributed by atoms with Gasteiger partial charge < -0.3 is 14.6 Å². The molecule has 8 heteroatoms. The summed E-state index contributed by atoms with van der Waals surface area (Å²) in [6.07, 6.45) is -3.63. The lowest BCUT2D eigenvalue weighted by Crippen LogP contribution is -2.17. The summed E-state index contributed by atoms with van der Waals surface area (Å²) in [6.45, 7) is 0. The predicted molar refractivity (Wildman–Crippen MR) is 64.4 cm³/mol. The first-order valence-electron chi connectivity index (χ1n) is 5.56. The molecule has 5 nitrogen and oxygen atoms in total. The van der Waals surface area contributed by atoms with Gasteiger partial charge in [0.1, 0.15) is 22.9 Å². The minimum Gasteiger partial charge on any atom is -0.477 e. The number of benzene rings is 1. The van der Waals surface area contributed by atoms with Crippen molar-refractivity contribution in [2.75, 3.05) is 0 Å². The van der Waals surface area contributed by atoms with Crippen molar-refractivity contribution < 1.29 is 32.5 Å². The second kappa shape index (κ2) is 5.70. The zero-order valence-corrected chi connectivity index (χ0v) is 10.3. The smallest absolute Gasteiger partial charge is 0.477 e. The van der Waals surface area contributed by atoms with E-state index in [2.05, 4.69) is 9.72 Å². The van der Waals surface area contributed by atoms with E-state index in [4.69, 9.17) is 9.84 Å². The zero-order chi connectivity index (χ0) is 15.5. The Morgan fingerprint density at radius 3 is 2.38 bits per heavy atom. The lowest BCUT2D eigenvalue weighted by Gasteiger charge is -2.10. The normalized spacial score (nSPS) is 11.0. The minimum absolute atomic E-state index is 0.0987. The van der Waals surface area contributed by atoms with Crippen LogP contribution in [-0.4, -0.2) is 22.4 Å². The fraction of sp³-hybridized carbons (Fsp3) is 0.0769. The quantitative estimate of drug-likeness (QED) is 0.936. The van der Waals surface area contributed by atoms with Crippen LogP contribution in [0.2, 0.25) is 0 Å². The molecular weight excluding hydrogens is 291 g/mol. The SMILES string of the molecule is O=C(O)c1ccc(Oc2cccc(OC(F)(F)F)c2)cn1. The van der Waals surface area contributed by atoms with Crippen LogP contribution in [-0.2, 0) is 0 Å². The standard InChI is InChI=1S/C13H8F3NO4/c14-13(15,16)21-9-3-1-2-8(6-9)20-10-4-5-11(12(18)19)17-7-10/h1-7H,(H,18,19). The second-order valence-corrected chi connectivity index (χ2v) is 3.81. The number of carbonyl (C=O) groups is 1. The third-order valence-corrected chi connectivity index (χ3v) is 2.23. The number of nitrogens with zero attached hydrogens (tertiary/aromatic N) is 1. The first-order chi connectivity index (χ1) is 9.83. The van der Waals surface area contributed by atoms with Crippen LogP contribution in [0.1, 0.15) is 10.5 Å². The van der Waals surface area contributed by atoms with Crippen molar-refractivity contribution in [3.63, 3.8) is 0 Å². The van der Waals surface area contributed by atoms with Gasteiger partial charge in [0.2, 0.25) is 0 Å². The van der Waals surface area contributed by atoms with E-state index in [1.807, 2.05) is 0 Å². The lowest BCUT2D eigenvalue weighted by atomic mass is 10.3. The van der Waals surface area contributed by atoms with Gasteiger partial charge in [-0.1, -0.05) is 6.07 Å². The second-order valence-electron chi connectivity index (χ2n) is 3.81. The third kappa shape index (κ3) is 4.37. The molecule has 1 aromatic carbocycles. The Kier molecular flexibility index (Phi) is 3.97. The van der Waals surface area contributed by atoms with Crippen LogP contribution in [0.15, 0.2) is 42.6 Å². The van der Waals surface area contributed by atoms with E-state index in [0.29, 0.717) is 0 Å². The molecule has 2 rings (SSSR count). The maximum atomic E-state index is 12.1. The van der Waals surface area contributed by atoms with Gasteiger partial charge in [-0.3, -0.25) is 0 Å². The number of aromatic nitrogens is 1. The first-order valence-corrected chi connectivity index (χ1v) is 5.56. The van der Waals surface area contributed by atoms with Gasteiger partial charge in [-0.25, -0.2) is 9.78 Å². The number of alkyl halides is 3. The molecule has 0 saturated carbocycles. The van der Waals surface area contributed by atoms with Crippen molar-refractivity contribution in [2.24, 2.45) is 0 Å². The highest BCUT2D eigenvalue weighted by atomic mass is 19.4. The third-order valence-electron chi connectivity index (χ3n) is 2.23. The van der Waals surface area contributed by atoms with Crippen molar-refractivity contribution in [1.82, 2.24) is 4.98 Å². The molecule has 0 bridgehead atoms. The molecule has 0 atom stereocenters. The monoisotopic (exact) mass is 299 g/mol. The molecular formula is C13H8F3NO4. The average molecular weight is 299 g/mol. The van der Waals surface area contributed by atoms with Crippen LogP contribution in [0.3, 0.4) is 0 Å². The van der Waals surface area contributed by atoms with Gasteiger partial charge in [0.15, 0.2) is 0 Å². The Hall–Kier alpha value is -2.77. The molecule has 0 spiro atoms. The highest BCUT2D eigenvalue weighted by Crippen LogP contribution is 2.28. The number of rotatable bonds is 4. The predicted octanol–water partition coefficient (Wildman–Crippen LogP) is 3.47. The maximum absolute atomic E-state index is 12.1. The van der Waals surface area contributed by atoms with Crippen LogP contribution in [0.4, 0.5) is 13.2 Å². The van der Waals surface area contributed by atoms with Gasteiger partial charge in [-0.05, 0) is 24.3 Å². The van der Waals surface area contributed by atoms with Crippen molar-refractivity contribution in [2.45, 2.75) is 6.36 Å². The van der Waals surface area contributed by atoms with E-state index in [-0.39, 0.29) is 17.2 Å². The van der Waals surface area contributed by atoms with E-state index in [0.717, 1.165) is 18.3 Å². The van der Waals surface area contributed by atoms with Gasteiger partial charge in [-0.15, -0.1) is 13.2 Å². The summed E-state index contributed by atoms with van der Waals surface area (Å²) in [7, 11) is 0. The molecule has 0 aliphatic heterocycles. The Balaban J connectivity index is 2.12. The molecule has 110 valence electrons. The fourth-order valence-corrected chi connectivity index (χ4v) is 1.44. The Morgan fingerprint density at radius 2 is 1.81 bits per heavy atom. The van der Waals surface area contributed by atoms with Gasteiger partial charge in [0.05, 0.1) is 6.20 Å². The number of carboxylic acids is 1. The summed E-state index contributed by atoms with van der Waals surface area (Å²) >= 11 is 0. The van der Waals surface area contributed by atoms with Crippen molar-refractivity contribution in [1.29, 1.82) is 0 Å². The molecule has 0 saturated heterocycles. The average Bonchev–Trinajstić information content (AvgIpc) is 2.37. The Labute approximate surface area is 116 Å². The number of pyridine rings is 1. The number of halogens is 3. The molecule has 1 aromatic heterocycles. The molecule has 2 aromatic rings. The molecule has 0 aliphatic rings. The maximum Gasteiger partial charge on any atom is 0.573 e. The van der Waals surface area contributed by atoms with Crippen LogP contribution < -0.4 is 9.47 Å². The van der Waals surface area contributed by atoms with E-state index in [9.17, 15) is 18.0 Å². The van der Waals surface area contributed by atoms with Gasteiger partial charge in [-0.2, -0.15) is 0 Å². The molecule has 0 unspecified atom stereocenters. The number of hydrogen-bond acceptors (Lipinski definition) is 4. The summed E-state index contributed by atoms with van der Waals surface area (Å²) in [6, 6.07) is 7.50. The van der Waals surface area contributed by atoms with E-state index < -0.39 is 18.1 Å². The summed E-state index contributed by atoms with van der Waals surface area (Å²) in [5.41, 5.74) is -0.170.